The van der Waals surface area contributed by atoms with Crippen LogP contribution in [0.3, 0.4) is 0 Å². The van der Waals surface area contributed by atoms with E-state index < -0.39 is 0 Å². The molecular formula is C14H30O2. The molecule has 0 aliphatic heterocycles. The van der Waals surface area contributed by atoms with Crippen molar-refractivity contribution >= 4 is 0 Å². The summed E-state index contributed by atoms with van der Waals surface area (Å²) in [7, 11) is 0. The molecule has 0 aromatic rings. The molecule has 0 spiro atoms. The van der Waals surface area contributed by atoms with E-state index in [1.165, 1.54) is 0 Å². The highest BCUT2D eigenvalue weighted by Crippen LogP contribution is 2.23. The van der Waals surface area contributed by atoms with Crippen LogP contribution in [0.1, 0.15) is 68.2 Å². The normalized spacial score (nSPS) is 17.2. The second kappa shape index (κ2) is 6.02. The van der Waals surface area contributed by atoms with E-state index in [2.05, 4.69) is 55.4 Å². The van der Waals surface area contributed by atoms with Gasteiger partial charge in [-0.05, 0) is 54.4 Å². The predicted molar refractivity (Wildman–Crippen MR) is 69.8 cm³/mol. The maximum absolute atomic E-state index is 6.01. The van der Waals surface area contributed by atoms with E-state index in [-0.39, 0.29) is 23.4 Å². The highest BCUT2D eigenvalue weighted by atomic mass is 16.6. The maximum Gasteiger partial charge on any atom is 0.0813 e. The maximum atomic E-state index is 6.01. The lowest BCUT2D eigenvalue weighted by atomic mass is 10.0. The van der Waals surface area contributed by atoms with Crippen molar-refractivity contribution in [2.45, 2.75) is 91.6 Å². The molecule has 98 valence electrons. The Labute approximate surface area is 102 Å². The van der Waals surface area contributed by atoms with Crippen molar-refractivity contribution < 1.29 is 9.47 Å². The summed E-state index contributed by atoms with van der Waals surface area (Å²) in [6, 6.07) is 0. The van der Waals surface area contributed by atoms with Crippen LogP contribution in [0, 0.1) is 0 Å². The SMILES string of the molecule is CCC(C)(C)OC(C)C(C)OC(C)(C)CC. The van der Waals surface area contributed by atoms with Crippen LogP contribution in [-0.2, 0) is 9.47 Å². The zero-order valence-electron chi connectivity index (χ0n) is 12.4. The van der Waals surface area contributed by atoms with E-state index in [9.17, 15) is 0 Å². The minimum absolute atomic E-state index is 0.0621. The molecule has 0 aromatic carbocycles. The summed E-state index contributed by atoms with van der Waals surface area (Å²) in [5.74, 6) is 0. The number of rotatable bonds is 7. The van der Waals surface area contributed by atoms with Gasteiger partial charge in [0.15, 0.2) is 0 Å². The minimum atomic E-state index is -0.0621. The highest BCUT2D eigenvalue weighted by Gasteiger charge is 2.27. The summed E-state index contributed by atoms with van der Waals surface area (Å²) in [6.45, 7) is 17.0. The van der Waals surface area contributed by atoms with Crippen molar-refractivity contribution in [2.75, 3.05) is 0 Å². The molecule has 2 atom stereocenters. The summed E-state index contributed by atoms with van der Waals surface area (Å²) in [5, 5.41) is 0. The molecule has 0 amide bonds. The van der Waals surface area contributed by atoms with Gasteiger partial charge in [0.25, 0.3) is 0 Å². The second-order valence-corrected chi connectivity index (χ2v) is 5.87. The third kappa shape index (κ3) is 5.86. The molecule has 0 N–H and O–H groups in total. The quantitative estimate of drug-likeness (QED) is 0.653. The van der Waals surface area contributed by atoms with Gasteiger partial charge in [-0.25, -0.2) is 0 Å². The van der Waals surface area contributed by atoms with Crippen LogP contribution in [-0.4, -0.2) is 23.4 Å². The minimum Gasteiger partial charge on any atom is -0.370 e. The molecule has 0 fully saturated rings. The molecular weight excluding hydrogens is 200 g/mol. The summed E-state index contributed by atoms with van der Waals surface area (Å²) in [5.41, 5.74) is -0.124. The van der Waals surface area contributed by atoms with Crippen LogP contribution in [0.15, 0.2) is 0 Å². The molecule has 0 aliphatic carbocycles. The van der Waals surface area contributed by atoms with E-state index in [0.717, 1.165) is 12.8 Å². The number of hydrogen-bond acceptors (Lipinski definition) is 2. The van der Waals surface area contributed by atoms with E-state index in [1.807, 2.05) is 0 Å². The Hall–Kier alpha value is -0.0800. The Balaban J connectivity index is 4.24. The molecule has 0 radical (unpaired) electrons. The topological polar surface area (TPSA) is 18.5 Å². The average molecular weight is 230 g/mol. The van der Waals surface area contributed by atoms with Crippen molar-refractivity contribution in [3.8, 4) is 0 Å². The lowest BCUT2D eigenvalue weighted by Crippen LogP contribution is -2.39. The first kappa shape index (κ1) is 15.9. The van der Waals surface area contributed by atoms with Crippen LogP contribution in [0.4, 0.5) is 0 Å². The van der Waals surface area contributed by atoms with E-state index in [0.29, 0.717) is 0 Å². The van der Waals surface area contributed by atoms with Gasteiger partial charge in [0.05, 0.1) is 23.4 Å². The van der Waals surface area contributed by atoms with Gasteiger partial charge in [-0.15, -0.1) is 0 Å². The molecule has 0 aliphatic rings. The van der Waals surface area contributed by atoms with E-state index in [4.69, 9.17) is 9.47 Å². The van der Waals surface area contributed by atoms with Crippen LogP contribution in [0.2, 0.25) is 0 Å². The first-order valence-electron chi connectivity index (χ1n) is 6.49. The Morgan fingerprint density at radius 1 is 0.750 bits per heavy atom. The Morgan fingerprint density at radius 3 is 1.19 bits per heavy atom. The van der Waals surface area contributed by atoms with E-state index in [1.54, 1.807) is 0 Å². The summed E-state index contributed by atoms with van der Waals surface area (Å²) < 4.78 is 12.0. The summed E-state index contributed by atoms with van der Waals surface area (Å²) >= 11 is 0. The van der Waals surface area contributed by atoms with Crippen molar-refractivity contribution in [2.24, 2.45) is 0 Å². The first-order chi connectivity index (χ1) is 7.13. The van der Waals surface area contributed by atoms with Crippen molar-refractivity contribution in [3.05, 3.63) is 0 Å². The Morgan fingerprint density at radius 2 is 1.00 bits per heavy atom. The Bertz CT molecular complexity index is 175. The number of ether oxygens (including phenoxy) is 2. The molecule has 0 rings (SSSR count). The van der Waals surface area contributed by atoms with Crippen molar-refractivity contribution in [1.82, 2.24) is 0 Å². The van der Waals surface area contributed by atoms with Crippen LogP contribution >= 0.6 is 0 Å². The van der Waals surface area contributed by atoms with E-state index >= 15 is 0 Å². The largest absolute Gasteiger partial charge is 0.370 e. The van der Waals surface area contributed by atoms with Gasteiger partial charge in [-0.3, -0.25) is 0 Å². The average Bonchev–Trinajstić information content (AvgIpc) is 2.16. The van der Waals surface area contributed by atoms with Gasteiger partial charge in [-0.2, -0.15) is 0 Å². The molecule has 16 heavy (non-hydrogen) atoms. The fourth-order valence-corrected chi connectivity index (χ4v) is 1.36. The molecule has 2 heteroatoms. The summed E-state index contributed by atoms with van der Waals surface area (Å²) in [4.78, 5) is 0. The number of hydrogen-bond donors (Lipinski definition) is 0. The fourth-order valence-electron chi connectivity index (χ4n) is 1.36. The lowest BCUT2D eigenvalue weighted by Gasteiger charge is -2.35. The van der Waals surface area contributed by atoms with Gasteiger partial charge in [0.2, 0.25) is 0 Å². The molecule has 0 saturated heterocycles. The van der Waals surface area contributed by atoms with Crippen LogP contribution in [0.5, 0.6) is 0 Å². The highest BCUT2D eigenvalue weighted by molar-refractivity contribution is 4.74. The summed E-state index contributed by atoms with van der Waals surface area (Å²) in [6.07, 6.45) is 2.28. The zero-order chi connectivity index (χ0) is 13.0. The van der Waals surface area contributed by atoms with Gasteiger partial charge >= 0.3 is 0 Å². The standard InChI is InChI=1S/C14H30O2/c1-9-13(5,6)15-11(3)12(4)16-14(7,8)10-2/h11-12H,9-10H2,1-8H3. The van der Waals surface area contributed by atoms with Crippen LogP contribution < -0.4 is 0 Å². The molecule has 2 nitrogen and oxygen atoms in total. The van der Waals surface area contributed by atoms with Crippen molar-refractivity contribution in [3.63, 3.8) is 0 Å². The molecule has 2 unspecified atom stereocenters. The van der Waals surface area contributed by atoms with Gasteiger partial charge in [0.1, 0.15) is 0 Å². The molecule has 0 bridgehead atoms. The lowest BCUT2D eigenvalue weighted by molar-refractivity contribution is -0.160. The predicted octanol–water partition coefficient (Wildman–Crippen LogP) is 4.17. The molecule has 0 aromatic heterocycles. The third-order valence-electron chi connectivity index (χ3n) is 3.37. The van der Waals surface area contributed by atoms with Crippen molar-refractivity contribution in [1.29, 1.82) is 0 Å². The zero-order valence-corrected chi connectivity index (χ0v) is 12.4. The van der Waals surface area contributed by atoms with Gasteiger partial charge in [-0.1, -0.05) is 13.8 Å². The van der Waals surface area contributed by atoms with Gasteiger partial charge < -0.3 is 9.47 Å². The Kier molecular flexibility index (Phi) is 5.99. The van der Waals surface area contributed by atoms with Crippen LogP contribution in [0.25, 0.3) is 0 Å². The monoisotopic (exact) mass is 230 g/mol. The molecule has 0 heterocycles. The van der Waals surface area contributed by atoms with Gasteiger partial charge in [0, 0.05) is 0 Å². The molecule has 0 saturated carbocycles. The fraction of sp³-hybridized carbons (Fsp3) is 1.00. The second-order valence-electron chi connectivity index (χ2n) is 5.87. The third-order valence-corrected chi connectivity index (χ3v) is 3.37. The smallest absolute Gasteiger partial charge is 0.0813 e. The first-order valence-corrected chi connectivity index (χ1v) is 6.49.